The third-order valence-corrected chi connectivity index (χ3v) is 7.81. The van der Waals surface area contributed by atoms with E-state index in [0.29, 0.717) is 11.0 Å². The summed E-state index contributed by atoms with van der Waals surface area (Å²) in [5.74, 6) is -1.71. The van der Waals surface area contributed by atoms with Crippen molar-refractivity contribution in [1.82, 2.24) is 10.2 Å². The smallest absolute Gasteiger partial charge is 0.416 e. The molecule has 0 bridgehead atoms. The van der Waals surface area contributed by atoms with Gasteiger partial charge in [-0.15, -0.1) is 0 Å². The summed E-state index contributed by atoms with van der Waals surface area (Å²) in [6, 6.07) is 4.19. The number of nitrogens with zero attached hydrogens (tertiary/aromatic N) is 1. The Morgan fingerprint density at radius 2 is 1.59 bits per heavy atom. The Kier molecular flexibility index (Phi) is 12.8. The van der Waals surface area contributed by atoms with Crippen molar-refractivity contribution >= 4 is 30.0 Å². The van der Waals surface area contributed by atoms with Gasteiger partial charge in [0.2, 0.25) is 11.8 Å². The van der Waals surface area contributed by atoms with Gasteiger partial charge in [0.05, 0.1) is 29.8 Å². The van der Waals surface area contributed by atoms with E-state index in [1.165, 1.54) is 23.1 Å². The van der Waals surface area contributed by atoms with E-state index in [1.807, 2.05) is 0 Å². The number of hydrogen-bond acceptors (Lipinski definition) is 7. The molecule has 0 unspecified atom stereocenters. The monoisotopic (exact) mass is 657 g/mol. The summed E-state index contributed by atoms with van der Waals surface area (Å²) in [6.45, 7) is 1.71. The topological polar surface area (TPSA) is 154 Å². The molecule has 0 saturated heterocycles. The van der Waals surface area contributed by atoms with E-state index in [0.717, 1.165) is 18.2 Å². The Morgan fingerprint density at radius 1 is 0.957 bits per heavy atom. The zero-order valence-corrected chi connectivity index (χ0v) is 25.3. The van der Waals surface area contributed by atoms with E-state index in [4.69, 9.17) is 21.9 Å². The molecule has 1 aliphatic heterocycles. The van der Waals surface area contributed by atoms with E-state index in [-0.39, 0.29) is 75.5 Å². The van der Waals surface area contributed by atoms with Crippen LogP contribution in [0.1, 0.15) is 47.1 Å². The molecule has 0 aliphatic carbocycles. The van der Waals surface area contributed by atoms with Crippen molar-refractivity contribution in [3.05, 3.63) is 64.2 Å². The summed E-state index contributed by atoms with van der Waals surface area (Å²) in [4.78, 5) is 40.6. The summed E-state index contributed by atoms with van der Waals surface area (Å²) < 4.78 is 85.9. The van der Waals surface area contributed by atoms with Gasteiger partial charge in [0.15, 0.2) is 5.78 Å². The first-order valence-electron chi connectivity index (χ1n) is 14.8. The summed E-state index contributed by atoms with van der Waals surface area (Å²) in [5, 5.41) is 2.55. The van der Waals surface area contributed by atoms with Crippen LogP contribution in [0.2, 0.25) is 6.82 Å². The number of halogens is 6. The molecule has 2 atom stereocenters. The molecule has 1 aliphatic rings. The number of hydrogen-bond donors (Lipinski definition) is 4. The van der Waals surface area contributed by atoms with Crippen LogP contribution in [0.25, 0.3) is 0 Å². The Labute approximate surface area is 263 Å². The molecule has 2 aromatic carbocycles. The van der Waals surface area contributed by atoms with E-state index < -0.39 is 60.6 Å². The summed E-state index contributed by atoms with van der Waals surface area (Å²) in [5.41, 5.74) is 16.2. The minimum atomic E-state index is -4.69. The van der Waals surface area contributed by atoms with Gasteiger partial charge >= 0.3 is 19.3 Å². The zero-order valence-electron chi connectivity index (χ0n) is 25.3. The first kappa shape index (κ1) is 37.0. The average Bonchev–Trinajstić information content (AvgIpc) is 3.36. The quantitative estimate of drug-likeness (QED) is 0.169. The number of Topliss-reactive ketones (excluding diaryl/α,β-unsaturated/α-hetero) is 1. The van der Waals surface area contributed by atoms with Crippen molar-refractivity contribution < 1.29 is 45.4 Å². The molecule has 3 rings (SSSR count). The SMILES string of the molecule is CB1OCc2c1cc(CC(=O)[C@@H](CCc1ccc(C(F)(F)F)cc1)NC(=O)[C@@H](N)CCC(=O)N(CCN)CCN)cc2C(F)(F)F. The number of benzene rings is 2. The molecule has 46 heavy (non-hydrogen) atoms. The first-order valence-corrected chi connectivity index (χ1v) is 14.8. The lowest BCUT2D eigenvalue weighted by Crippen LogP contribution is -2.49. The number of amides is 2. The van der Waals surface area contributed by atoms with E-state index >= 15 is 0 Å². The van der Waals surface area contributed by atoms with Gasteiger partial charge < -0.3 is 32.1 Å². The average molecular weight is 657 g/mol. The van der Waals surface area contributed by atoms with Crippen LogP contribution in [0, 0.1) is 0 Å². The molecule has 0 spiro atoms. The maximum absolute atomic E-state index is 13.9. The number of carbonyl (C=O) groups excluding carboxylic acids is 3. The minimum Gasteiger partial charge on any atom is -0.427 e. The number of carbonyl (C=O) groups is 3. The van der Waals surface area contributed by atoms with Gasteiger partial charge in [-0.3, -0.25) is 14.4 Å². The van der Waals surface area contributed by atoms with Crippen LogP contribution >= 0.6 is 0 Å². The maximum Gasteiger partial charge on any atom is 0.416 e. The van der Waals surface area contributed by atoms with Gasteiger partial charge in [-0.25, -0.2) is 0 Å². The maximum atomic E-state index is 13.9. The number of aryl methyl sites for hydroxylation is 1. The van der Waals surface area contributed by atoms with Crippen LogP contribution in [-0.4, -0.2) is 67.7 Å². The summed E-state index contributed by atoms with van der Waals surface area (Å²) in [6.07, 6.45) is -9.88. The largest absolute Gasteiger partial charge is 0.427 e. The highest BCUT2D eigenvalue weighted by Gasteiger charge is 2.39. The van der Waals surface area contributed by atoms with Gasteiger partial charge in [0.1, 0.15) is 0 Å². The fraction of sp³-hybridized carbons (Fsp3) is 0.500. The fourth-order valence-corrected chi connectivity index (χ4v) is 5.26. The second-order valence-electron chi connectivity index (χ2n) is 11.2. The van der Waals surface area contributed by atoms with Crippen LogP contribution in [0.3, 0.4) is 0 Å². The molecule has 9 nitrogen and oxygen atoms in total. The van der Waals surface area contributed by atoms with Gasteiger partial charge in [-0.05, 0) is 59.6 Å². The molecule has 2 aromatic rings. The molecule has 0 radical (unpaired) electrons. The molecule has 252 valence electrons. The molecule has 7 N–H and O–H groups in total. The normalized spacial score (nSPS) is 14.5. The molecular formula is C30H38BF6N5O4. The predicted octanol–water partition coefficient (Wildman–Crippen LogP) is 2.17. The zero-order chi connectivity index (χ0) is 34.2. The number of fused-ring (bicyclic) bond motifs is 1. The van der Waals surface area contributed by atoms with Crippen LogP contribution in [0.4, 0.5) is 26.3 Å². The summed E-state index contributed by atoms with van der Waals surface area (Å²) in [7, 11) is 0. The van der Waals surface area contributed by atoms with Crippen LogP contribution in [0.15, 0.2) is 36.4 Å². The second kappa shape index (κ2) is 15.9. The van der Waals surface area contributed by atoms with E-state index in [2.05, 4.69) is 5.32 Å². The molecule has 0 fully saturated rings. The van der Waals surface area contributed by atoms with Crippen molar-refractivity contribution in [3.8, 4) is 0 Å². The van der Waals surface area contributed by atoms with Crippen molar-refractivity contribution in [2.45, 2.75) is 70.0 Å². The molecular weight excluding hydrogens is 619 g/mol. The summed E-state index contributed by atoms with van der Waals surface area (Å²) >= 11 is 0. The molecule has 2 amide bonds. The fourth-order valence-electron chi connectivity index (χ4n) is 5.26. The Hall–Kier alpha value is -3.47. The Balaban J connectivity index is 1.79. The highest BCUT2D eigenvalue weighted by molar-refractivity contribution is 6.67. The Bertz CT molecular complexity index is 1370. The van der Waals surface area contributed by atoms with Crippen molar-refractivity contribution in [1.29, 1.82) is 0 Å². The minimum absolute atomic E-state index is 0.000340. The number of rotatable bonds is 15. The molecule has 0 aromatic heterocycles. The number of alkyl halides is 6. The third-order valence-electron chi connectivity index (χ3n) is 7.81. The van der Waals surface area contributed by atoms with Crippen LogP contribution in [-0.2, 0) is 50.8 Å². The molecule has 16 heteroatoms. The predicted molar refractivity (Wildman–Crippen MR) is 160 cm³/mol. The highest BCUT2D eigenvalue weighted by Crippen LogP contribution is 2.34. The van der Waals surface area contributed by atoms with Gasteiger partial charge in [-0.2, -0.15) is 26.3 Å². The van der Waals surface area contributed by atoms with Crippen molar-refractivity contribution in [2.24, 2.45) is 17.2 Å². The molecule has 0 saturated carbocycles. The lowest BCUT2D eigenvalue weighted by Gasteiger charge is -2.23. The van der Waals surface area contributed by atoms with Crippen LogP contribution < -0.4 is 28.0 Å². The van der Waals surface area contributed by atoms with E-state index in [1.54, 1.807) is 6.82 Å². The van der Waals surface area contributed by atoms with Crippen LogP contribution in [0.5, 0.6) is 0 Å². The number of nitrogens with two attached hydrogens (primary N) is 3. The van der Waals surface area contributed by atoms with Crippen molar-refractivity contribution in [3.63, 3.8) is 0 Å². The highest BCUT2D eigenvalue weighted by atomic mass is 19.4. The van der Waals surface area contributed by atoms with Gasteiger partial charge in [0.25, 0.3) is 0 Å². The lowest BCUT2D eigenvalue weighted by molar-refractivity contribution is -0.139. The number of nitrogens with one attached hydrogen (secondary N) is 1. The lowest BCUT2D eigenvalue weighted by atomic mass is 9.63. The standard InChI is InChI=1S/C30H38BF6N5O4/c1-31-23-15-19(14-22(30(35,36)37)21(23)17-46-31)16-26(43)25(8-4-18-2-5-20(6-3-18)29(32,33)34)41-28(45)24(40)7-9-27(44)42(12-10-38)13-11-39/h2-3,5-6,14-15,24-25H,4,7-13,16-17,38-40H2,1H3,(H,41,45)/t24-,25+/m0/s1. The van der Waals surface area contributed by atoms with Gasteiger partial charge in [0, 0.05) is 39.0 Å². The Morgan fingerprint density at radius 3 is 2.15 bits per heavy atom. The molecule has 1 heterocycles. The first-order chi connectivity index (χ1) is 21.5. The number of ketones is 1. The third kappa shape index (κ3) is 10.0. The van der Waals surface area contributed by atoms with E-state index in [9.17, 15) is 40.7 Å². The van der Waals surface area contributed by atoms with Crippen molar-refractivity contribution in [2.75, 3.05) is 26.2 Å². The second-order valence-corrected chi connectivity index (χ2v) is 11.2. The van der Waals surface area contributed by atoms with Gasteiger partial charge in [-0.1, -0.05) is 25.0 Å².